The first-order valence-corrected chi connectivity index (χ1v) is 10.6. The highest BCUT2D eigenvalue weighted by atomic mass is 32.2. The van der Waals surface area contributed by atoms with E-state index < -0.39 is 0 Å². The van der Waals surface area contributed by atoms with Gasteiger partial charge in [0.25, 0.3) is 0 Å². The van der Waals surface area contributed by atoms with Crippen LogP contribution in [-0.2, 0) is 0 Å². The van der Waals surface area contributed by atoms with Gasteiger partial charge in [-0.3, -0.25) is 4.79 Å². The molecule has 1 fully saturated rings. The molecule has 0 spiro atoms. The van der Waals surface area contributed by atoms with Crippen LogP contribution in [0.25, 0.3) is 0 Å². The first-order valence-electron chi connectivity index (χ1n) is 9.66. The van der Waals surface area contributed by atoms with Crippen molar-refractivity contribution in [3.63, 3.8) is 0 Å². The van der Waals surface area contributed by atoms with Gasteiger partial charge in [-0.1, -0.05) is 31.0 Å². The molecule has 0 atom stereocenters. The number of carbonyl (C=O) groups is 1. The molecular weight excluding hydrogens is 344 g/mol. The molecule has 26 heavy (non-hydrogen) atoms. The first-order chi connectivity index (χ1) is 12.4. The van der Waals surface area contributed by atoms with E-state index in [0.29, 0.717) is 17.8 Å². The van der Waals surface area contributed by atoms with Crippen molar-refractivity contribution in [2.45, 2.75) is 84.0 Å². The highest BCUT2D eigenvalue weighted by Gasteiger charge is 2.23. The van der Waals surface area contributed by atoms with Crippen LogP contribution in [0.4, 0.5) is 0 Å². The van der Waals surface area contributed by atoms with Crippen LogP contribution in [0.15, 0.2) is 11.2 Å². The van der Waals surface area contributed by atoms with Gasteiger partial charge >= 0.3 is 0 Å². The molecule has 5 nitrogen and oxygen atoms in total. The fraction of sp³-hybridized carbons (Fsp3) is 0.650. The highest BCUT2D eigenvalue weighted by Crippen LogP contribution is 2.33. The van der Waals surface area contributed by atoms with E-state index in [1.165, 1.54) is 43.9 Å². The molecule has 0 unspecified atom stereocenters. The van der Waals surface area contributed by atoms with Crippen molar-refractivity contribution in [3.05, 3.63) is 28.8 Å². The van der Waals surface area contributed by atoms with Crippen LogP contribution in [0.3, 0.4) is 0 Å². The van der Waals surface area contributed by atoms with Gasteiger partial charge in [0, 0.05) is 29.0 Å². The number of Topliss-reactive ketones (excluding diaryl/α,β-unsaturated/α-hetero) is 1. The summed E-state index contributed by atoms with van der Waals surface area (Å²) < 4.78 is 4.49. The summed E-state index contributed by atoms with van der Waals surface area (Å²) in [5.41, 5.74) is 3.05. The molecule has 0 aromatic carbocycles. The van der Waals surface area contributed by atoms with Crippen molar-refractivity contribution < 1.29 is 4.79 Å². The zero-order valence-corrected chi connectivity index (χ0v) is 17.4. The van der Waals surface area contributed by atoms with Gasteiger partial charge < -0.3 is 9.13 Å². The summed E-state index contributed by atoms with van der Waals surface area (Å²) in [7, 11) is 0. The van der Waals surface area contributed by atoms with Crippen molar-refractivity contribution in [3.8, 4) is 0 Å². The summed E-state index contributed by atoms with van der Waals surface area (Å²) in [6, 6.07) is 2.87. The normalized spacial score (nSPS) is 15.8. The zero-order chi connectivity index (χ0) is 18.8. The van der Waals surface area contributed by atoms with Gasteiger partial charge in [0.1, 0.15) is 5.82 Å². The molecule has 0 saturated heterocycles. The van der Waals surface area contributed by atoms with Crippen LogP contribution in [0.5, 0.6) is 0 Å². The Hall–Kier alpha value is -1.56. The predicted molar refractivity (Wildman–Crippen MR) is 106 cm³/mol. The van der Waals surface area contributed by atoms with E-state index in [9.17, 15) is 4.79 Å². The summed E-state index contributed by atoms with van der Waals surface area (Å²) >= 11 is 1.53. The van der Waals surface area contributed by atoms with Crippen LogP contribution >= 0.6 is 11.8 Å². The molecular formula is C20H30N4OS. The molecule has 0 amide bonds. The molecule has 142 valence electrons. The maximum absolute atomic E-state index is 12.8. The Morgan fingerprint density at radius 2 is 1.88 bits per heavy atom. The van der Waals surface area contributed by atoms with Gasteiger partial charge in [0.2, 0.25) is 0 Å². The third-order valence-corrected chi connectivity index (χ3v) is 6.35. The van der Waals surface area contributed by atoms with Gasteiger partial charge in [0.05, 0.1) is 5.75 Å². The summed E-state index contributed by atoms with van der Waals surface area (Å²) in [5.74, 6) is 1.54. The van der Waals surface area contributed by atoms with Crippen molar-refractivity contribution >= 4 is 17.5 Å². The van der Waals surface area contributed by atoms with E-state index in [-0.39, 0.29) is 5.78 Å². The standard InChI is InChI=1S/C20H30N4OS/c1-13(2)23-14(3)11-18(15(23)4)19(25)12-26-20-22-21-16(5)24(20)17-9-7-6-8-10-17/h11,13,17H,6-10,12H2,1-5H3. The molecule has 1 saturated carbocycles. The molecule has 3 rings (SSSR count). The Morgan fingerprint density at radius 3 is 2.50 bits per heavy atom. The number of aryl methyl sites for hydroxylation is 2. The molecule has 2 aromatic heterocycles. The minimum absolute atomic E-state index is 0.172. The monoisotopic (exact) mass is 374 g/mol. The second-order valence-corrected chi connectivity index (χ2v) is 8.59. The quantitative estimate of drug-likeness (QED) is 0.523. The van der Waals surface area contributed by atoms with Gasteiger partial charge in [-0.05, 0) is 53.5 Å². The summed E-state index contributed by atoms with van der Waals surface area (Å²) in [6.45, 7) is 10.4. The van der Waals surface area contributed by atoms with Crippen LogP contribution < -0.4 is 0 Å². The molecule has 2 aromatic rings. The second kappa shape index (κ2) is 7.99. The van der Waals surface area contributed by atoms with E-state index in [1.807, 2.05) is 19.9 Å². The van der Waals surface area contributed by atoms with Gasteiger partial charge in [-0.2, -0.15) is 0 Å². The zero-order valence-electron chi connectivity index (χ0n) is 16.6. The molecule has 0 aliphatic heterocycles. The largest absolute Gasteiger partial charge is 0.346 e. The number of aromatic nitrogens is 4. The average molecular weight is 375 g/mol. The first kappa shape index (κ1) is 19.2. The number of nitrogens with zero attached hydrogens (tertiary/aromatic N) is 4. The number of thioether (sulfide) groups is 1. The van der Waals surface area contributed by atoms with E-state index in [2.05, 4.69) is 40.1 Å². The van der Waals surface area contributed by atoms with Crippen LogP contribution in [-0.4, -0.2) is 30.9 Å². The van der Waals surface area contributed by atoms with Crippen LogP contribution in [0, 0.1) is 20.8 Å². The Morgan fingerprint density at radius 1 is 1.19 bits per heavy atom. The van der Waals surface area contributed by atoms with E-state index >= 15 is 0 Å². The number of rotatable bonds is 6. The lowest BCUT2D eigenvalue weighted by Crippen LogP contribution is -2.16. The molecule has 0 radical (unpaired) electrons. The molecule has 6 heteroatoms. The topological polar surface area (TPSA) is 52.7 Å². The minimum atomic E-state index is 0.172. The van der Waals surface area contributed by atoms with Crippen molar-refractivity contribution in [1.29, 1.82) is 0 Å². The number of carbonyl (C=O) groups excluding carboxylic acids is 1. The minimum Gasteiger partial charge on any atom is -0.346 e. The third-order valence-electron chi connectivity index (χ3n) is 5.41. The molecule has 1 aliphatic rings. The summed E-state index contributed by atoms with van der Waals surface area (Å²) in [5, 5.41) is 9.52. The number of hydrogen-bond acceptors (Lipinski definition) is 4. The Kier molecular flexibility index (Phi) is 5.90. The predicted octanol–water partition coefficient (Wildman–Crippen LogP) is 5.07. The highest BCUT2D eigenvalue weighted by molar-refractivity contribution is 7.99. The molecule has 0 bridgehead atoms. The van der Waals surface area contributed by atoms with E-state index in [1.54, 1.807) is 0 Å². The number of hydrogen-bond donors (Lipinski definition) is 0. The lowest BCUT2D eigenvalue weighted by atomic mass is 9.95. The van der Waals surface area contributed by atoms with E-state index in [0.717, 1.165) is 27.9 Å². The van der Waals surface area contributed by atoms with Crippen molar-refractivity contribution in [2.24, 2.45) is 0 Å². The smallest absolute Gasteiger partial charge is 0.191 e. The summed E-state index contributed by atoms with van der Waals surface area (Å²) in [6.07, 6.45) is 6.25. The van der Waals surface area contributed by atoms with Gasteiger partial charge in [-0.15, -0.1) is 10.2 Å². The van der Waals surface area contributed by atoms with Gasteiger partial charge in [0.15, 0.2) is 10.9 Å². The molecule has 0 N–H and O–H groups in total. The molecule has 1 aliphatic carbocycles. The Labute approximate surface area is 160 Å². The maximum Gasteiger partial charge on any atom is 0.191 e. The van der Waals surface area contributed by atoms with Gasteiger partial charge in [-0.25, -0.2) is 0 Å². The lowest BCUT2D eigenvalue weighted by Gasteiger charge is -2.24. The third kappa shape index (κ3) is 3.75. The Bertz CT molecular complexity index is 784. The Balaban J connectivity index is 1.74. The lowest BCUT2D eigenvalue weighted by molar-refractivity contribution is 0.102. The maximum atomic E-state index is 12.8. The van der Waals surface area contributed by atoms with E-state index in [4.69, 9.17) is 0 Å². The second-order valence-electron chi connectivity index (χ2n) is 7.65. The molecule has 2 heterocycles. The SMILES string of the molecule is Cc1cc(C(=O)CSc2nnc(C)n2C2CCCCC2)c(C)n1C(C)C. The fourth-order valence-electron chi connectivity index (χ4n) is 4.27. The summed E-state index contributed by atoms with van der Waals surface area (Å²) in [4.78, 5) is 12.8. The fourth-order valence-corrected chi connectivity index (χ4v) is 5.20. The van der Waals surface area contributed by atoms with Crippen LogP contribution in [0.1, 0.15) is 85.6 Å². The number of ketones is 1. The van der Waals surface area contributed by atoms with Crippen molar-refractivity contribution in [1.82, 2.24) is 19.3 Å². The van der Waals surface area contributed by atoms with Crippen molar-refractivity contribution in [2.75, 3.05) is 5.75 Å². The van der Waals surface area contributed by atoms with Crippen LogP contribution in [0.2, 0.25) is 0 Å². The average Bonchev–Trinajstić information content (AvgIpc) is 3.12.